The smallest absolute Gasteiger partial charge is 0.0233 e. The maximum absolute atomic E-state index is 2.58. The number of hydrogen-bond donors (Lipinski definition) is 0. The Labute approximate surface area is 112 Å². The normalized spacial score (nSPS) is 19.4. The van der Waals surface area contributed by atoms with Gasteiger partial charge in [-0.2, -0.15) is 0 Å². The van der Waals surface area contributed by atoms with Gasteiger partial charge in [0, 0.05) is 13.1 Å². The van der Waals surface area contributed by atoms with E-state index in [2.05, 4.69) is 55.2 Å². The van der Waals surface area contributed by atoms with E-state index in [0.717, 1.165) is 19.0 Å². The van der Waals surface area contributed by atoms with Gasteiger partial charge in [-0.1, -0.05) is 48.9 Å². The summed E-state index contributed by atoms with van der Waals surface area (Å²) in [5.41, 5.74) is 2.79. The van der Waals surface area contributed by atoms with Gasteiger partial charge in [0.2, 0.25) is 0 Å². The molecule has 1 unspecified atom stereocenters. The van der Waals surface area contributed by atoms with Crippen molar-refractivity contribution in [3.8, 4) is 0 Å². The summed E-state index contributed by atoms with van der Waals surface area (Å²) in [7, 11) is 0. The predicted molar refractivity (Wildman–Crippen MR) is 78.6 cm³/mol. The molecule has 98 valence electrons. The van der Waals surface area contributed by atoms with Crippen molar-refractivity contribution in [1.29, 1.82) is 0 Å². The molecule has 1 aliphatic rings. The van der Waals surface area contributed by atoms with E-state index in [1.54, 1.807) is 0 Å². The van der Waals surface area contributed by atoms with Gasteiger partial charge in [0.1, 0.15) is 0 Å². The molecule has 0 saturated carbocycles. The van der Waals surface area contributed by atoms with Crippen LogP contribution in [-0.4, -0.2) is 18.0 Å². The van der Waals surface area contributed by atoms with Crippen molar-refractivity contribution in [2.45, 2.75) is 39.7 Å². The molecule has 0 heterocycles. The third-order valence-electron chi connectivity index (χ3n) is 3.87. The van der Waals surface area contributed by atoms with E-state index in [0.29, 0.717) is 0 Å². The summed E-state index contributed by atoms with van der Waals surface area (Å²) < 4.78 is 0. The molecular formula is C17H25N. The highest BCUT2D eigenvalue weighted by Crippen LogP contribution is 2.20. The Kier molecular flexibility index (Phi) is 5.00. The zero-order valence-corrected chi connectivity index (χ0v) is 11.7. The average molecular weight is 243 g/mol. The van der Waals surface area contributed by atoms with Crippen LogP contribution in [-0.2, 0) is 6.54 Å². The van der Waals surface area contributed by atoms with Gasteiger partial charge in [-0.05, 0) is 44.2 Å². The Balaban J connectivity index is 1.88. The van der Waals surface area contributed by atoms with Gasteiger partial charge in [0.05, 0.1) is 0 Å². The van der Waals surface area contributed by atoms with Crippen molar-refractivity contribution < 1.29 is 0 Å². The molecule has 2 rings (SSSR count). The molecule has 0 aliphatic heterocycles. The molecule has 0 bridgehead atoms. The minimum absolute atomic E-state index is 0.861. The summed E-state index contributed by atoms with van der Waals surface area (Å²) in [5, 5.41) is 0. The van der Waals surface area contributed by atoms with Crippen molar-refractivity contribution in [2.24, 2.45) is 5.92 Å². The third kappa shape index (κ3) is 3.99. The summed E-state index contributed by atoms with van der Waals surface area (Å²) in [5.74, 6) is 0.861. The maximum atomic E-state index is 2.58. The van der Waals surface area contributed by atoms with E-state index in [1.807, 2.05) is 0 Å². The van der Waals surface area contributed by atoms with Crippen LogP contribution >= 0.6 is 0 Å². The molecule has 0 spiro atoms. The van der Waals surface area contributed by atoms with Crippen LogP contribution in [0, 0.1) is 12.8 Å². The Hall–Kier alpha value is -1.08. The number of benzene rings is 1. The highest BCUT2D eigenvalue weighted by molar-refractivity contribution is 5.21. The number of aryl methyl sites for hydroxylation is 1. The van der Waals surface area contributed by atoms with Crippen LogP contribution < -0.4 is 0 Å². The molecule has 18 heavy (non-hydrogen) atoms. The Bertz CT molecular complexity index is 377. The molecule has 1 atom stereocenters. The molecular weight excluding hydrogens is 218 g/mol. The van der Waals surface area contributed by atoms with Crippen molar-refractivity contribution >= 4 is 0 Å². The molecule has 1 heteroatoms. The lowest BCUT2D eigenvalue weighted by Crippen LogP contribution is -2.29. The topological polar surface area (TPSA) is 3.24 Å². The van der Waals surface area contributed by atoms with Crippen LogP contribution in [0.2, 0.25) is 0 Å². The fraction of sp³-hybridized carbons (Fsp3) is 0.529. The molecule has 0 fully saturated rings. The summed E-state index contributed by atoms with van der Waals surface area (Å²) in [6, 6.07) is 8.95. The van der Waals surface area contributed by atoms with E-state index in [4.69, 9.17) is 0 Å². The van der Waals surface area contributed by atoms with Crippen molar-refractivity contribution in [3.63, 3.8) is 0 Å². The second kappa shape index (κ2) is 6.75. The first-order chi connectivity index (χ1) is 8.78. The van der Waals surface area contributed by atoms with Crippen LogP contribution in [0.5, 0.6) is 0 Å². The Morgan fingerprint density at radius 1 is 1.17 bits per heavy atom. The van der Waals surface area contributed by atoms with Gasteiger partial charge < -0.3 is 0 Å². The van der Waals surface area contributed by atoms with Crippen LogP contribution in [0.3, 0.4) is 0 Å². The molecule has 0 saturated heterocycles. The largest absolute Gasteiger partial charge is 0.299 e. The van der Waals surface area contributed by atoms with Crippen LogP contribution in [0.4, 0.5) is 0 Å². The molecule has 1 aromatic rings. The molecule has 1 aromatic carbocycles. The predicted octanol–water partition coefficient (Wildman–Crippen LogP) is 4.17. The lowest BCUT2D eigenvalue weighted by molar-refractivity contribution is 0.225. The molecule has 0 amide bonds. The van der Waals surface area contributed by atoms with Gasteiger partial charge >= 0.3 is 0 Å². The maximum Gasteiger partial charge on any atom is 0.0233 e. The van der Waals surface area contributed by atoms with Gasteiger partial charge in [-0.25, -0.2) is 0 Å². The molecule has 0 radical (unpaired) electrons. The van der Waals surface area contributed by atoms with E-state index in [9.17, 15) is 0 Å². The molecule has 1 aliphatic carbocycles. The fourth-order valence-electron chi connectivity index (χ4n) is 2.64. The van der Waals surface area contributed by atoms with Crippen LogP contribution in [0.25, 0.3) is 0 Å². The minimum Gasteiger partial charge on any atom is -0.299 e. The van der Waals surface area contributed by atoms with Gasteiger partial charge in [0.15, 0.2) is 0 Å². The molecule has 1 nitrogen and oxygen atoms in total. The summed E-state index contributed by atoms with van der Waals surface area (Å²) in [4.78, 5) is 2.58. The quantitative estimate of drug-likeness (QED) is 0.701. The van der Waals surface area contributed by atoms with Gasteiger partial charge in [0.25, 0.3) is 0 Å². The Morgan fingerprint density at radius 3 is 2.56 bits per heavy atom. The highest BCUT2D eigenvalue weighted by atomic mass is 15.1. The number of hydrogen-bond acceptors (Lipinski definition) is 1. The van der Waals surface area contributed by atoms with E-state index < -0.39 is 0 Å². The zero-order chi connectivity index (χ0) is 12.8. The van der Waals surface area contributed by atoms with Crippen LogP contribution in [0.15, 0.2) is 36.4 Å². The second-order valence-electron chi connectivity index (χ2n) is 5.46. The highest BCUT2D eigenvalue weighted by Gasteiger charge is 2.14. The fourth-order valence-corrected chi connectivity index (χ4v) is 2.64. The Morgan fingerprint density at radius 2 is 1.94 bits per heavy atom. The SMILES string of the molecule is CCN(Cc1ccc(C)cc1)CC1CC=CCC1. The lowest BCUT2D eigenvalue weighted by Gasteiger charge is -2.27. The van der Waals surface area contributed by atoms with Crippen molar-refractivity contribution in [3.05, 3.63) is 47.5 Å². The molecule has 0 aromatic heterocycles. The first-order valence-electron chi connectivity index (χ1n) is 7.21. The van der Waals surface area contributed by atoms with Gasteiger partial charge in [-0.15, -0.1) is 0 Å². The zero-order valence-electron chi connectivity index (χ0n) is 11.7. The summed E-state index contributed by atoms with van der Waals surface area (Å²) in [6.07, 6.45) is 8.58. The number of nitrogens with zero attached hydrogens (tertiary/aromatic N) is 1. The van der Waals surface area contributed by atoms with Crippen molar-refractivity contribution in [2.75, 3.05) is 13.1 Å². The van der Waals surface area contributed by atoms with Crippen molar-refractivity contribution in [1.82, 2.24) is 4.90 Å². The van der Waals surface area contributed by atoms with Gasteiger partial charge in [-0.3, -0.25) is 4.90 Å². The minimum atomic E-state index is 0.861. The average Bonchev–Trinajstić information content (AvgIpc) is 2.41. The summed E-state index contributed by atoms with van der Waals surface area (Å²) >= 11 is 0. The standard InChI is InChI=1S/C17H25N/c1-3-18(13-16-7-5-4-6-8-16)14-17-11-9-15(2)10-12-17/h4-5,9-12,16H,3,6-8,13-14H2,1-2H3. The molecule has 0 N–H and O–H groups in total. The summed E-state index contributed by atoms with van der Waals surface area (Å²) in [6.45, 7) is 7.91. The number of allylic oxidation sites excluding steroid dienone is 2. The van der Waals surface area contributed by atoms with Crippen LogP contribution in [0.1, 0.15) is 37.3 Å². The first kappa shape index (κ1) is 13.4. The van der Waals surface area contributed by atoms with E-state index in [1.165, 1.54) is 36.9 Å². The van der Waals surface area contributed by atoms with E-state index in [-0.39, 0.29) is 0 Å². The first-order valence-corrected chi connectivity index (χ1v) is 7.21. The monoisotopic (exact) mass is 243 g/mol. The second-order valence-corrected chi connectivity index (χ2v) is 5.46. The third-order valence-corrected chi connectivity index (χ3v) is 3.87. The lowest BCUT2D eigenvalue weighted by atomic mass is 9.94. The number of rotatable bonds is 5. The van der Waals surface area contributed by atoms with E-state index >= 15 is 0 Å².